The summed E-state index contributed by atoms with van der Waals surface area (Å²) in [7, 11) is 0. The first kappa shape index (κ1) is 14.1. The van der Waals surface area contributed by atoms with E-state index in [0.29, 0.717) is 6.04 Å². The maximum atomic E-state index is 4.49. The molecule has 0 spiro atoms. The van der Waals surface area contributed by atoms with Gasteiger partial charge in [0, 0.05) is 18.7 Å². The second-order valence-corrected chi connectivity index (χ2v) is 5.71. The van der Waals surface area contributed by atoms with E-state index >= 15 is 0 Å². The Balaban J connectivity index is 1.97. The van der Waals surface area contributed by atoms with Crippen molar-refractivity contribution < 1.29 is 0 Å². The highest BCUT2D eigenvalue weighted by atomic mass is 15.1. The molecule has 0 amide bonds. The lowest BCUT2D eigenvalue weighted by Gasteiger charge is -2.27. The number of anilines is 2. The van der Waals surface area contributed by atoms with Crippen molar-refractivity contribution in [1.29, 1.82) is 0 Å². The maximum absolute atomic E-state index is 4.49. The van der Waals surface area contributed by atoms with Crippen LogP contribution in [0.4, 0.5) is 11.6 Å². The second-order valence-electron chi connectivity index (χ2n) is 5.71. The molecule has 4 heteroatoms. The number of nitrogens with one attached hydrogen (secondary N) is 2. The van der Waals surface area contributed by atoms with Crippen LogP contribution in [-0.4, -0.2) is 22.6 Å². The van der Waals surface area contributed by atoms with Gasteiger partial charge in [0.25, 0.3) is 0 Å². The molecule has 0 unspecified atom stereocenters. The Labute approximate surface area is 116 Å². The van der Waals surface area contributed by atoms with Gasteiger partial charge < -0.3 is 10.6 Å². The lowest BCUT2D eigenvalue weighted by atomic mass is 9.87. The second kappa shape index (κ2) is 6.73. The van der Waals surface area contributed by atoms with Gasteiger partial charge in [-0.15, -0.1) is 0 Å². The van der Waals surface area contributed by atoms with Crippen LogP contribution in [0.3, 0.4) is 0 Å². The number of aromatic nitrogens is 2. The topological polar surface area (TPSA) is 49.8 Å². The van der Waals surface area contributed by atoms with Gasteiger partial charge in [-0.25, -0.2) is 9.97 Å². The summed E-state index contributed by atoms with van der Waals surface area (Å²) in [6, 6.07) is 2.60. The highest BCUT2D eigenvalue weighted by Crippen LogP contribution is 2.26. The molecule has 0 saturated heterocycles. The van der Waals surface area contributed by atoms with Crippen LogP contribution in [0.5, 0.6) is 0 Å². The zero-order valence-electron chi connectivity index (χ0n) is 12.4. The number of hydrogen-bond acceptors (Lipinski definition) is 4. The normalized spacial score (nSPS) is 23.1. The molecule has 1 aromatic rings. The van der Waals surface area contributed by atoms with Gasteiger partial charge in [0.05, 0.1) is 0 Å². The van der Waals surface area contributed by atoms with Gasteiger partial charge in [0.15, 0.2) is 0 Å². The number of hydrogen-bond donors (Lipinski definition) is 2. The fourth-order valence-electron chi connectivity index (χ4n) is 2.60. The number of aryl methyl sites for hydroxylation is 1. The van der Waals surface area contributed by atoms with Crippen molar-refractivity contribution in [2.45, 2.75) is 58.9 Å². The average Bonchev–Trinajstić information content (AvgIpc) is 2.38. The van der Waals surface area contributed by atoms with Gasteiger partial charge in [-0.3, -0.25) is 0 Å². The van der Waals surface area contributed by atoms with Crippen LogP contribution in [0.25, 0.3) is 0 Å². The molecule has 0 atom stereocenters. The summed E-state index contributed by atoms with van der Waals surface area (Å²) < 4.78 is 0. The third-order valence-corrected chi connectivity index (χ3v) is 3.76. The van der Waals surface area contributed by atoms with E-state index < -0.39 is 0 Å². The Morgan fingerprint density at radius 1 is 1.16 bits per heavy atom. The van der Waals surface area contributed by atoms with E-state index in [1.54, 1.807) is 0 Å². The molecule has 1 saturated carbocycles. The van der Waals surface area contributed by atoms with Crippen LogP contribution < -0.4 is 10.6 Å². The zero-order valence-corrected chi connectivity index (χ0v) is 12.4. The summed E-state index contributed by atoms with van der Waals surface area (Å²) in [5.74, 6) is 3.60. The summed E-state index contributed by atoms with van der Waals surface area (Å²) >= 11 is 0. The molecule has 1 aliphatic carbocycles. The minimum atomic E-state index is 0.574. The molecule has 0 aliphatic heterocycles. The number of nitrogens with zero attached hydrogens (tertiary/aromatic N) is 2. The lowest BCUT2D eigenvalue weighted by molar-refractivity contribution is 0.361. The third-order valence-electron chi connectivity index (χ3n) is 3.76. The van der Waals surface area contributed by atoms with E-state index in [0.717, 1.165) is 36.3 Å². The summed E-state index contributed by atoms with van der Waals surface area (Å²) in [5.41, 5.74) is 0. The van der Waals surface area contributed by atoms with Gasteiger partial charge >= 0.3 is 0 Å². The van der Waals surface area contributed by atoms with Crippen LogP contribution >= 0.6 is 0 Å². The third kappa shape index (κ3) is 4.37. The molecular weight excluding hydrogens is 236 g/mol. The summed E-state index contributed by atoms with van der Waals surface area (Å²) in [4.78, 5) is 8.91. The Bertz CT molecular complexity index is 397. The van der Waals surface area contributed by atoms with Crippen LogP contribution in [-0.2, 0) is 0 Å². The van der Waals surface area contributed by atoms with Crippen LogP contribution in [0.2, 0.25) is 0 Å². The van der Waals surface area contributed by atoms with E-state index in [1.165, 1.54) is 25.7 Å². The van der Waals surface area contributed by atoms with Crippen molar-refractivity contribution in [3.63, 3.8) is 0 Å². The molecule has 4 nitrogen and oxygen atoms in total. The minimum absolute atomic E-state index is 0.574. The first-order valence-electron chi connectivity index (χ1n) is 7.53. The van der Waals surface area contributed by atoms with Gasteiger partial charge in [-0.2, -0.15) is 0 Å². The van der Waals surface area contributed by atoms with Crippen LogP contribution in [0.1, 0.15) is 51.8 Å². The maximum Gasteiger partial charge on any atom is 0.132 e. The average molecular weight is 262 g/mol. The molecule has 1 aliphatic rings. The molecule has 1 fully saturated rings. The van der Waals surface area contributed by atoms with Gasteiger partial charge in [-0.1, -0.05) is 13.8 Å². The molecule has 0 aromatic carbocycles. The Morgan fingerprint density at radius 3 is 2.53 bits per heavy atom. The highest BCUT2D eigenvalue weighted by molar-refractivity contribution is 5.48. The van der Waals surface area contributed by atoms with Crippen LogP contribution in [0.15, 0.2) is 6.07 Å². The van der Waals surface area contributed by atoms with Crippen molar-refractivity contribution in [3.05, 3.63) is 11.9 Å². The van der Waals surface area contributed by atoms with Crippen molar-refractivity contribution in [3.8, 4) is 0 Å². The minimum Gasteiger partial charge on any atom is -0.370 e. The van der Waals surface area contributed by atoms with Crippen molar-refractivity contribution in [2.75, 3.05) is 17.2 Å². The van der Waals surface area contributed by atoms with Gasteiger partial charge in [0.1, 0.15) is 17.5 Å². The van der Waals surface area contributed by atoms with Gasteiger partial charge in [0.2, 0.25) is 0 Å². The Kier molecular flexibility index (Phi) is 5.00. The molecular formula is C15H26N4. The zero-order chi connectivity index (χ0) is 13.7. The van der Waals surface area contributed by atoms with Gasteiger partial charge in [-0.05, 0) is 44.9 Å². The summed E-state index contributed by atoms with van der Waals surface area (Å²) in [5, 5.41) is 6.90. The van der Waals surface area contributed by atoms with Crippen LogP contribution in [0, 0.1) is 12.8 Å². The number of rotatable bonds is 5. The summed E-state index contributed by atoms with van der Waals surface area (Å²) in [6.45, 7) is 7.41. The fraction of sp³-hybridized carbons (Fsp3) is 0.733. The standard InChI is InChI=1S/C15H26N4/c1-4-9-16-14-10-15(18-12(3)17-14)19-13-7-5-11(2)6-8-13/h10-11,13H,4-9H2,1-3H3,(H2,16,17,18,19). The smallest absolute Gasteiger partial charge is 0.132 e. The largest absolute Gasteiger partial charge is 0.370 e. The Hall–Kier alpha value is -1.32. The van der Waals surface area contributed by atoms with Crippen molar-refractivity contribution >= 4 is 11.6 Å². The molecule has 1 aromatic heterocycles. The van der Waals surface area contributed by atoms with E-state index in [4.69, 9.17) is 0 Å². The van der Waals surface area contributed by atoms with E-state index in [1.807, 2.05) is 13.0 Å². The molecule has 2 N–H and O–H groups in total. The van der Waals surface area contributed by atoms with E-state index in [2.05, 4.69) is 34.4 Å². The quantitative estimate of drug-likeness (QED) is 0.851. The lowest BCUT2D eigenvalue weighted by Crippen LogP contribution is -2.25. The molecule has 106 valence electrons. The first-order chi connectivity index (χ1) is 9.17. The van der Waals surface area contributed by atoms with Crippen molar-refractivity contribution in [2.24, 2.45) is 5.92 Å². The van der Waals surface area contributed by atoms with Crippen molar-refractivity contribution in [1.82, 2.24) is 9.97 Å². The molecule has 1 heterocycles. The highest BCUT2D eigenvalue weighted by Gasteiger charge is 2.18. The molecule has 0 bridgehead atoms. The predicted octanol–water partition coefficient (Wildman–Crippen LogP) is 3.60. The Morgan fingerprint density at radius 2 is 1.84 bits per heavy atom. The monoisotopic (exact) mass is 262 g/mol. The first-order valence-corrected chi connectivity index (χ1v) is 7.53. The molecule has 2 rings (SSSR count). The fourth-order valence-corrected chi connectivity index (χ4v) is 2.60. The molecule has 19 heavy (non-hydrogen) atoms. The van der Waals surface area contributed by atoms with E-state index in [9.17, 15) is 0 Å². The molecule has 0 radical (unpaired) electrons. The summed E-state index contributed by atoms with van der Waals surface area (Å²) in [6.07, 6.45) is 6.25. The van der Waals surface area contributed by atoms with E-state index in [-0.39, 0.29) is 0 Å². The predicted molar refractivity (Wildman–Crippen MR) is 80.6 cm³/mol. The SMILES string of the molecule is CCCNc1cc(NC2CCC(C)CC2)nc(C)n1.